The molecule has 0 fully saturated rings. The summed E-state index contributed by atoms with van der Waals surface area (Å²) in [5.74, 6) is -0.0400. The van der Waals surface area contributed by atoms with E-state index in [4.69, 9.17) is 5.73 Å². The van der Waals surface area contributed by atoms with Gasteiger partial charge in [0.1, 0.15) is 0 Å². The minimum absolute atomic E-state index is 0.0337. The van der Waals surface area contributed by atoms with Gasteiger partial charge in [0.15, 0.2) is 0 Å². The highest BCUT2D eigenvalue weighted by molar-refractivity contribution is 9.10. The lowest BCUT2D eigenvalue weighted by atomic mass is 10.0. The molecule has 0 radical (unpaired) electrons. The van der Waals surface area contributed by atoms with Gasteiger partial charge in [-0.2, -0.15) is 0 Å². The third-order valence-electron chi connectivity index (χ3n) is 3.38. The van der Waals surface area contributed by atoms with E-state index in [2.05, 4.69) is 21.2 Å². The largest absolute Gasteiger partial charge is 0.350 e. The van der Waals surface area contributed by atoms with Crippen molar-refractivity contribution in [3.05, 3.63) is 70.2 Å². The van der Waals surface area contributed by atoms with Crippen LogP contribution < -0.4 is 11.1 Å². The average molecular weight is 347 g/mol. The van der Waals surface area contributed by atoms with Gasteiger partial charge in [0, 0.05) is 16.9 Å². The van der Waals surface area contributed by atoms with Crippen molar-refractivity contribution in [2.45, 2.75) is 25.4 Å². The van der Waals surface area contributed by atoms with E-state index in [9.17, 15) is 4.79 Å². The Hall–Kier alpha value is -1.65. The molecule has 2 rings (SSSR count). The van der Waals surface area contributed by atoms with Crippen LogP contribution >= 0.6 is 15.9 Å². The second-order valence-corrected chi connectivity index (χ2v) is 5.98. The number of hydrogen-bond acceptors (Lipinski definition) is 2. The Kier molecular flexibility index (Phi) is 5.53. The molecule has 21 heavy (non-hydrogen) atoms. The highest BCUT2D eigenvalue weighted by Gasteiger charge is 2.14. The Morgan fingerprint density at radius 1 is 1.10 bits per heavy atom. The minimum atomic E-state index is -0.275. The first-order valence-electron chi connectivity index (χ1n) is 6.91. The molecule has 0 aromatic heterocycles. The Balaban J connectivity index is 1.91. The first-order chi connectivity index (χ1) is 10.1. The molecule has 2 atom stereocenters. The molecule has 2 unspecified atom stereocenters. The Morgan fingerprint density at radius 2 is 1.71 bits per heavy atom. The van der Waals surface area contributed by atoms with Gasteiger partial charge in [0.05, 0.1) is 6.04 Å². The molecule has 0 heterocycles. The second-order valence-electron chi connectivity index (χ2n) is 5.06. The summed E-state index contributed by atoms with van der Waals surface area (Å²) in [6, 6.07) is 17.3. The summed E-state index contributed by atoms with van der Waals surface area (Å²) in [4.78, 5) is 12.1. The van der Waals surface area contributed by atoms with Crippen LogP contribution in [0.1, 0.15) is 36.6 Å². The smallest absolute Gasteiger partial charge is 0.222 e. The summed E-state index contributed by atoms with van der Waals surface area (Å²) < 4.78 is 1.02. The fourth-order valence-electron chi connectivity index (χ4n) is 2.15. The maximum atomic E-state index is 12.1. The van der Waals surface area contributed by atoms with Gasteiger partial charge >= 0.3 is 0 Å². The van der Waals surface area contributed by atoms with Crippen molar-refractivity contribution >= 4 is 21.8 Å². The van der Waals surface area contributed by atoms with Crippen LogP contribution in [0, 0.1) is 0 Å². The first kappa shape index (κ1) is 15.7. The minimum Gasteiger partial charge on any atom is -0.350 e. The molecule has 0 aliphatic carbocycles. The van der Waals surface area contributed by atoms with Crippen LogP contribution in [0.2, 0.25) is 0 Å². The Labute approximate surface area is 133 Å². The van der Waals surface area contributed by atoms with E-state index >= 15 is 0 Å². The molecule has 0 aliphatic heterocycles. The fraction of sp³-hybridized carbons (Fsp3) is 0.235. The van der Waals surface area contributed by atoms with E-state index < -0.39 is 0 Å². The second kappa shape index (κ2) is 7.38. The molecule has 0 saturated carbocycles. The van der Waals surface area contributed by atoms with E-state index in [0.717, 1.165) is 15.6 Å². The molecule has 4 heteroatoms. The molecule has 3 nitrogen and oxygen atoms in total. The van der Waals surface area contributed by atoms with Crippen LogP contribution in [0.3, 0.4) is 0 Å². The number of rotatable bonds is 5. The van der Waals surface area contributed by atoms with Crippen molar-refractivity contribution in [3.63, 3.8) is 0 Å². The molecule has 0 bridgehead atoms. The van der Waals surface area contributed by atoms with Gasteiger partial charge in [-0.15, -0.1) is 0 Å². The lowest BCUT2D eigenvalue weighted by Gasteiger charge is -2.17. The summed E-state index contributed by atoms with van der Waals surface area (Å²) in [7, 11) is 0. The van der Waals surface area contributed by atoms with Gasteiger partial charge in [0.2, 0.25) is 5.91 Å². The lowest BCUT2D eigenvalue weighted by Crippen LogP contribution is -2.29. The molecule has 0 spiro atoms. The zero-order valence-corrected chi connectivity index (χ0v) is 13.5. The summed E-state index contributed by atoms with van der Waals surface area (Å²) in [5, 5.41) is 2.98. The average Bonchev–Trinajstić information content (AvgIpc) is 2.48. The fourth-order valence-corrected chi connectivity index (χ4v) is 2.42. The van der Waals surface area contributed by atoms with Crippen molar-refractivity contribution in [2.24, 2.45) is 5.73 Å². The van der Waals surface area contributed by atoms with Crippen molar-refractivity contribution in [3.8, 4) is 0 Å². The molecule has 0 aliphatic rings. The molecule has 2 aromatic rings. The van der Waals surface area contributed by atoms with Crippen LogP contribution in [-0.2, 0) is 4.79 Å². The van der Waals surface area contributed by atoms with E-state index in [0.29, 0.717) is 0 Å². The number of nitrogens with one attached hydrogen (secondary N) is 1. The van der Waals surface area contributed by atoms with Crippen LogP contribution in [0.15, 0.2) is 59.1 Å². The molecule has 0 saturated heterocycles. The molecular formula is C17H19BrN2O. The van der Waals surface area contributed by atoms with Crippen LogP contribution in [0.25, 0.3) is 0 Å². The zero-order valence-electron chi connectivity index (χ0n) is 11.9. The number of hydrogen-bond donors (Lipinski definition) is 2. The molecule has 1 amide bonds. The van der Waals surface area contributed by atoms with Crippen molar-refractivity contribution in [1.29, 1.82) is 0 Å². The number of nitrogens with two attached hydrogens (primary N) is 1. The number of carbonyl (C=O) groups is 1. The van der Waals surface area contributed by atoms with Crippen LogP contribution in [0.5, 0.6) is 0 Å². The van der Waals surface area contributed by atoms with Gasteiger partial charge in [-0.3, -0.25) is 4.79 Å². The standard InChI is InChI=1S/C17H19BrN2O/c1-12(13-7-9-15(18)10-8-13)20-17(21)11-16(19)14-5-3-2-4-6-14/h2-10,12,16H,11,19H2,1H3,(H,20,21). The predicted molar refractivity (Wildman–Crippen MR) is 88.7 cm³/mol. The summed E-state index contributed by atoms with van der Waals surface area (Å²) in [6.07, 6.45) is 0.283. The number of amides is 1. The highest BCUT2D eigenvalue weighted by Crippen LogP contribution is 2.18. The highest BCUT2D eigenvalue weighted by atomic mass is 79.9. The molecule has 2 aromatic carbocycles. The lowest BCUT2D eigenvalue weighted by molar-refractivity contribution is -0.122. The van der Waals surface area contributed by atoms with Crippen molar-refractivity contribution in [1.82, 2.24) is 5.32 Å². The Bertz CT molecular complexity index is 583. The quantitative estimate of drug-likeness (QED) is 0.866. The van der Waals surface area contributed by atoms with Gasteiger partial charge in [-0.1, -0.05) is 58.4 Å². The maximum Gasteiger partial charge on any atom is 0.222 e. The van der Waals surface area contributed by atoms with Crippen molar-refractivity contribution in [2.75, 3.05) is 0 Å². The third kappa shape index (κ3) is 4.69. The van der Waals surface area contributed by atoms with Crippen LogP contribution in [-0.4, -0.2) is 5.91 Å². The first-order valence-corrected chi connectivity index (χ1v) is 7.71. The number of halogens is 1. The summed E-state index contributed by atoms with van der Waals surface area (Å²) >= 11 is 3.40. The topological polar surface area (TPSA) is 55.1 Å². The summed E-state index contributed by atoms with van der Waals surface area (Å²) in [6.45, 7) is 1.97. The van der Waals surface area contributed by atoms with Crippen molar-refractivity contribution < 1.29 is 4.79 Å². The number of carbonyl (C=O) groups excluding carboxylic acids is 1. The monoisotopic (exact) mass is 346 g/mol. The van der Waals surface area contributed by atoms with E-state index in [1.54, 1.807) is 0 Å². The van der Waals surface area contributed by atoms with E-state index in [1.807, 2.05) is 61.5 Å². The van der Waals surface area contributed by atoms with E-state index in [-0.39, 0.29) is 24.4 Å². The van der Waals surface area contributed by atoms with Gasteiger partial charge in [-0.05, 0) is 30.2 Å². The molecular weight excluding hydrogens is 328 g/mol. The van der Waals surface area contributed by atoms with Gasteiger partial charge < -0.3 is 11.1 Å². The normalized spacial score (nSPS) is 13.5. The molecule has 3 N–H and O–H groups in total. The summed E-state index contributed by atoms with van der Waals surface area (Å²) in [5.41, 5.74) is 8.11. The SMILES string of the molecule is CC(NC(=O)CC(N)c1ccccc1)c1ccc(Br)cc1. The van der Waals surface area contributed by atoms with E-state index in [1.165, 1.54) is 0 Å². The third-order valence-corrected chi connectivity index (χ3v) is 3.91. The predicted octanol–water partition coefficient (Wildman–Crippen LogP) is 3.72. The van der Waals surface area contributed by atoms with Gasteiger partial charge in [-0.25, -0.2) is 0 Å². The molecule has 110 valence electrons. The van der Waals surface area contributed by atoms with Gasteiger partial charge in [0.25, 0.3) is 0 Å². The van der Waals surface area contributed by atoms with Crippen LogP contribution in [0.4, 0.5) is 0 Å². The zero-order chi connectivity index (χ0) is 15.2. The number of benzene rings is 2. The Morgan fingerprint density at radius 3 is 2.33 bits per heavy atom. The maximum absolute atomic E-state index is 12.1.